The Morgan fingerprint density at radius 2 is 1.46 bits per heavy atom. The van der Waals surface area contributed by atoms with Gasteiger partial charge >= 0.3 is 0 Å². The van der Waals surface area contributed by atoms with Crippen molar-refractivity contribution in [1.29, 1.82) is 0 Å². The Bertz CT molecular complexity index is 1740. The first kappa shape index (κ1) is 75.0. The van der Waals surface area contributed by atoms with Gasteiger partial charge < -0.3 is 61.5 Å². The highest BCUT2D eigenvalue weighted by Gasteiger charge is 2.40. The molecular formula is C53H97BN10O10. The zero-order valence-corrected chi connectivity index (χ0v) is 47.7. The van der Waals surface area contributed by atoms with Crippen LogP contribution < -0.4 is 32.6 Å². The lowest BCUT2D eigenvalue weighted by Crippen LogP contribution is -2.53. The molecule has 20 nitrogen and oxygen atoms in total. The number of hydrogen-bond acceptors (Lipinski definition) is 14. The highest BCUT2D eigenvalue weighted by atomic mass is 16.5. The van der Waals surface area contributed by atoms with Gasteiger partial charge in [0.15, 0.2) is 5.75 Å². The van der Waals surface area contributed by atoms with Gasteiger partial charge in [0.25, 0.3) is 0 Å². The van der Waals surface area contributed by atoms with Gasteiger partial charge in [-0.05, 0) is 75.6 Å². The smallest absolute Gasteiger partial charge is 0.226 e. The Morgan fingerprint density at radius 1 is 0.905 bits per heavy atom. The maximum Gasteiger partial charge on any atom is 0.226 e. The molecule has 0 saturated carbocycles. The normalized spacial score (nSPS) is 14.6. The summed E-state index contributed by atoms with van der Waals surface area (Å²) in [5.74, 6) is 1.74. The summed E-state index contributed by atoms with van der Waals surface area (Å²) in [6, 6.07) is 8.01. The molecule has 2 aromatic rings. The lowest BCUT2D eigenvalue weighted by molar-refractivity contribution is -0.145. The van der Waals surface area contributed by atoms with Gasteiger partial charge in [0, 0.05) is 53.4 Å². The van der Waals surface area contributed by atoms with E-state index < -0.39 is 0 Å². The number of likely N-dealkylation sites (tertiary alicyclic amines) is 1. The van der Waals surface area contributed by atoms with Crippen LogP contribution in [-0.4, -0.2) is 169 Å². The number of benzene rings is 1. The van der Waals surface area contributed by atoms with Gasteiger partial charge in [-0.25, -0.2) is 9.97 Å². The van der Waals surface area contributed by atoms with Crippen molar-refractivity contribution in [3.63, 3.8) is 0 Å². The minimum absolute atomic E-state index is 0.0288. The van der Waals surface area contributed by atoms with Crippen LogP contribution in [0.15, 0.2) is 36.7 Å². The lowest BCUT2D eigenvalue weighted by atomic mass is 9.89. The second-order valence-electron chi connectivity index (χ2n) is 18.2. The van der Waals surface area contributed by atoms with Gasteiger partial charge in [-0.15, -0.1) is 0 Å². The van der Waals surface area contributed by atoms with Gasteiger partial charge in [-0.3, -0.25) is 28.8 Å². The number of likely N-dealkylation sites (N-methyl/N-ethyl adjacent to an activating group) is 1. The summed E-state index contributed by atoms with van der Waals surface area (Å²) in [6.07, 6.45) is 9.82. The highest BCUT2D eigenvalue weighted by Crippen LogP contribution is 2.29. The molecule has 0 spiro atoms. The predicted molar refractivity (Wildman–Crippen MR) is 295 cm³/mol. The van der Waals surface area contributed by atoms with Gasteiger partial charge in [-0.2, -0.15) is 0 Å². The molecular weight excluding hydrogens is 947 g/mol. The summed E-state index contributed by atoms with van der Waals surface area (Å²) in [7, 11) is 16.3. The Balaban J connectivity index is -0.000000545. The van der Waals surface area contributed by atoms with Crippen molar-refractivity contribution >= 4 is 51.6 Å². The average Bonchev–Trinajstić information content (AvgIpc) is 3.88. The number of nitrogens with one attached hydrogen (secondary N) is 2. The summed E-state index contributed by atoms with van der Waals surface area (Å²) in [5, 5.41) is 5.55. The molecule has 74 heavy (non-hydrogen) atoms. The molecule has 1 aliphatic heterocycles. The van der Waals surface area contributed by atoms with Crippen LogP contribution >= 0.6 is 0 Å². The van der Waals surface area contributed by atoms with Crippen LogP contribution in [0.1, 0.15) is 118 Å². The van der Waals surface area contributed by atoms with Crippen molar-refractivity contribution in [3.8, 4) is 5.75 Å². The van der Waals surface area contributed by atoms with E-state index >= 15 is 0 Å². The predicted octanol–water partition coefficient (Wildman–Crippen LogP) is 3.68. The topological polar surface area (TPSA) is 285 Å². The van der Waals surface area contributed by atoms with Crippen LogP contribution in [-0.2, 0) is 62.3 Å². The highest BCUT2D eigenvalue weighted by molar-refractivity contribution is 6.07. The molecule has 1 aliphatic rings. The molecule has 2 heterocycles. The molecule has 1 saturated heterocycles. The zero-order chi connectivity index (χ0) is 57.8. The number of methoxy groups -OCH3 is 2. The first-order valence-corrected chi connectivity index (χ1v) is 25.4. The molecule has 1 aromatic carbocycles. The van der Waals surface area contributed by atoms with E-state index in [1.807, 2.05) is 62.0 Å². The number of rotatable bonds is 25. The first-order valence-electron chi connectivity index (χ1n) is 25.4. The Kier molecular flexibility index (Phi) is 47.9. The van der Waals surface area contributed by atoms with E-state index in [9.17, 15) is 19.2 Å². The summed E-state index contributed by atoms with van der Waals surface area (Å²) >= 11 is 0. The number of nitrogens with two attached hydrogens (primary N) is 3. The fourth-order valence-corrected chi connectivity index (χ4v) is 8.05. The maximum atomic E-state index is 13.5. The number of aromatic nitrogens is 2. The number of hydrogen-bond donors (Lipinski definition) is 5. The van der Waals surface area contributed by atoms with Crippen LogP contribution in [0.3, 0.4) is 0 Å². The number of carbonyl (C=O) groups excluding carboxylic acids is 7. The third-order valence-corrected chi connectivity index (χ3v) is 11.8. The molecule has 3 rings (SSSR count). The van der Waals surface area contributed by atoms with Gasteiger partial charge in [0.1, 0.15) is 12.6 Å². The molecule has 7 atom stereocenters. The SMILES string of the molecule is C=O.CCC.CCC(C)C(C(CC(=O)N1CCCC1C(OC)C(C)C)OC)N(C)C(=O)C[C@H](C(C)C)N(C)C.CN.NC=O.NC=O.[B]Cc1ncc(OCC(C)C(=O)NCc2cccc(CCNC=O)c2)cn1. The van der Waals surface area contributed by atoms with Gasteiger partial charge in [0.2, 0.25) is 37.0 Å². The van der Waals surface area contributed by atoms with Crippen molar-refractivity contribution in [2.75, 3.05) is 62.1 Å². The molecule has 1 aromatic heterocycles. The minimum Gasteiger partial charge on any atom is -0.490 e. The lowest BCUT2D eigenvalue weighted by Gasteiger charge is -2.40. The van der Waals surface area contributed by atoms with E-state index in [2.05, 4.69) is 98.1 Å². The van der Waals surface area contributed by atoms with Crippen LogP contribution in [0.4, 0.5) is 0 Å². The van der Waals surface area contributed by atoms with E-state index in [0.29, 0.717) is 49.3 Å². The van der Waals surface area contributed by atoms with Crippen LogP contribution in [0.5, 0.6) is 5.75 Å². The third kappa shape index (κ3) is 31.3. The molecule has 2 radical (unpaired) electrons. The first-order chi connectivity index (χ1) is 35.3. The number of primary amides is 2. The largest absolute Gasteiger partial charge is 0.490 e. The maximum absolute atomic E-state index is 13.5. The molecule has 0 bridgehead atoms. The van der Waals surface area contributed by atoms with Gasteiger partial charge in [0.05, 0.1) is 63.5 Å². The van der Waals surface area contributed by atoms with Crippen molar-refractivity contribution < 1.29 is 47.8 Å². The molecule has 21 heteroatoms. The number of nitrogens with zero attached hydrogens (tertiary/aromatic N) is 5. The average molecular weight is 1050 g/mol. The minimum atomic E-state index is -0.352. The zero-order valence-electron chi connectivity index (χ0n) is 47.7. The summed E-state index contributed by atoms with van der Waals surface area (Å²) in [4.78, 5) is 88.7. The molecule has 8 N–H and O–H groups in total. The van der Waals surface area contributed by atoms with E-state index in [-0.39, 0.29) is 92.1 Å². The summed E-state index contributed by atoms with van der Waals surface area (Å²) in [5.41, 5.74) is 14.9. The number of amides is 6. The Morgan fingerprint density at radius 3 is 1.92 bits per heavy atom. The number of carbonyl (C=O) groups is 7. The summed E-state index contributed by atoms with van der Waals surface area (Å²) < 4.78 is 17.2. The van der Waals surface area contributed by atoms with E-state index in [4.69, 9.17) is 36.4 Å². The quantitative estimate of drug-likeness (QED) is 0.0539. The van der Waals surface area contributed by atoms with Crippen molar-refractivity contribution in [3.05, 3.63) is 53.6 Å². The number of ether oxygens (including phenoxy) is 3. The second kappa shape index (κ2) is 47.2. The van der Waals surface area contributed by atoms with Crippen LogP contribution in [0, 0.1) is 23.7 Å². The molecule has 422 valence electrons. The monoisotopic (exact) mass is 1040 g/mol. The second-order valence-corrected chi connectivity index (χ2v) is 18.2. The van der Waals surface area contributed by atoms with Crippen molar-refractivity contribution in [1.82, 2.24) is 35.3 Å². The van der Waals surface area contributed by atoms with E-state index in [0.717, 1.165) is 43.4 Å². The molecule has 1 fully saturated rings. The molecule has 6 amide bonds. The van der Waals surface area contributed by atoms with E-state index in [1.165, 1.54) is 13.5 Å². The van der Waals surface area contributed by atoms with Crippen molar-refractivity contribution in [2.24, 2.45) is 40.9 Å². The third-order valence-electron chi connectivity index (χ3n) is 11.8. The van der Waals surface area contributed by atoms with Crippen molar-refractivity contribution in [2.45, 2.75) is 150 Å². The molecule has 0 aliphatic carbocycles. The fourth-order valence-electron chi connectivity index (χ4n) is 8.05. The van der Waals surface area contributed by atoms with Crippen LogP contribution in [0.25, 0.3) is 0 Å². The Labute approximate surface area is 446 Å². The standard InChI is InChI=1S/C27H53N3O4.C19H23BN4O3.C3H8.2CH3NO.CH5N.CH2O/c1-12-20(6)26(29(9)24(31)16-22(18(2)3)28(7)8)23(33-10)17-25(32)30-15-13-14-21(30)27(34-11)19(4)5;1-14(12-27-17-10-22-18(8-20)23-11-17)19(26)24-9-16-4-2-3-15(7-16)5-6-21-13-25;1-3-2;2*2-1-3;2*1-2/h18-23,26-27H,12-17H2,1-11H3;2-4,7,10-11,13-14H,5-6,8-9,12H2,1H3,(H,21,25)(H,24,26);3H2,1-2H3;2*1H,(H2,2,3);2H2,1H3;1H2/t20?,21?,22-,23?,26?,27?;;;;;;/m1....../s1. The fraction of sp³-hybridized carbons (Fsp3) is 0.679. The summed E-state index contributed by atoms with van der Waals surface area (Å²) in [6.45, 7) is 22.9. The van der Waals surface area contributed by atoms with Crippen LogP contribution in [0.2, 0.25) is 0 Å². The molecule has 6 unspecified atom stereocenters. The Hall–Kier alpha value is -5.51. The van der Waals surface area contributed by atoms with E-state index in [1.54, 1.807) is 33.5 Å². The van der Waals surface area contributed by atoms with Gasteiger partial charge in [-0.1, -0.05) is 99.4 Å².